The molecule has 0 aliphatic rings. The van der Waals surface area contributed by atoms with E-state index < -0.39 is 12.1 Å². The number of carbonyl (C=O) groups is 1. The van der Waals surface area contributed by atoms with Crippen molar-refractivity contribution in [2.45, 2.75) is 39.2 Å². The lowest BCUT2D eigenvalue weighted by atomic mass is 10.0. The van der Waals surface area contributed by atoms with E-state index in [1.54, 1.807) is 0 Å². The monoisotopic (exact) mass is 236 g/mol. The van der Waals surface area contributed by atoms with Gasteiger partial charge in [0.25, 0.3) is 0 Å². The molecule has 0 bridgehead atoms. The molecule has 1 rings (SSSR count). The summed E-state index contributed by atoms with van der Waals surface area (Å²) in [6.45, 7) is 4.56. The number of carboxylic acid groups (broad SMARTS) is 1. The van der Waals surface area contributed by atoms with Crippen molar-refractivity contribution in [3.8, 4) is 0 Å². The van der Waals surface area contributed by atoms with Gasteiger partial charge in [0.1, 0.15) is 0 Å². The number of aryl methyl sites for hydroxylation is 1. The molecule has 94 valence electrons. The van der Waals surface area contributed by atoms with Crippen molar-refractivity contribution >= 4 is 5.97 Å². The topological polar surface area (TPSA) is 46.5 Å². The zero-order valence-corrected chi connectivity index (χ0v) is 10.5. The molecule has 0 aliphatic heterocycles. The van der Waals surface area contributed by atoms with Crippen LogP contribution in [0.4, 0.5) is 0 Å². The third-order valence-electron chi connectivity index (χ3n) is 2.76. The maximum atomic E-state index is 11.1. The molecule has 1 N–H and O–H groups in total. The van der Waals surface area contributed by atoms with Gasteiger partial charge in [0, 0.05) is 13.0 Å². The van der Waals surface area contributed by atoms with Crippen LogP contribution in [0.5, 0.6) is 0 Å². The maximum absolute atomic E-state index is 11.1. The van der Waals surface area contributed by atoms with Gasteiger partial charge in [-0.25, -0.2) is 4.79 Å². The molecule has 17 heavy (non-hydrogen) atoms. The van der Waals surface area contributed by atoms with E-state index in [1.807, 2.05) is 31.2 Å². The molecule has 0 amide bonds. The molecule has 0 saturated carbocycles. The molecular formula is C14H20O3. The average Bonchev–Trinajstić information content (AvgIpc) is 2.30. The van der Waals surface area contributed by atoms with Crippen LogP contribution in [-0.4, -0.2) is 23.8 Å². The van der Waals surface area contributed by atoms with Gasteiger partial charge >= 0.3 is 5.97 Å². The first-order valence-electron chi connectivity index (χ1n) is 6.04. The number of rotatable bonds is 7. The Hall–Kier alpha value is -1.35. The Morgan fingerprint density at radius 1 is 1.41 bits per heavy atom. The van der Waals surface area contributed by atoms with E-state index in [4.69, 9.17) is 9.84 Å². The highest BCUT2D eigenvalue weighted by Crippen LogP contribution is 2.12. The third-order valence-corrected chi connectivity index (χ3v) is 2.76. The molecule has 0 spiro atoms. The summed E-state index contributed by atoms with van der Waals surface area (Å²) >= 11 is 0. The quantitative estimate of drug-likeness (QED) is 0.740. The van der Waals surface area contributed by atoms with Gasteiger partial charge in [0.15, 0.2) is 6.10 Å². The predicted octanol–water partition coefficient (Wildman–Crippen LogP) is 2.81. The van der Waals surface area contributed by atoms with E-state index in [9.17, 15) is 4.79 Å². The normalized spacial score (nSPS) is 12.4. The van der Waals surface area contributed by atoms with Crippen LogP contribution in [0.25, 0.3) is 0 Å². The fourth-order valence-electron chi connectivity index (χ4n) is 1.63. The van der Waals surface area contributed by atoms with Crippen molar-refractivity contribution in [3.05, 3.63) is 35.4 Å². The summed E-state index contributed by atoms with van der Waals surface area (Å²) in [5.41, 5.74) is 2.15. The minimum atomic E-state index is -0.885. The fourth-order valence-corrected chi connectivity index (χ4v) is 1.63. The first kappa shape index (κ1) is 13.7. The van der Waals surface area contributed by atoms with Crippen LogP contribution in [0, 0.1) is 6.92 Å². The molecule has 3 heteroatoms. The highest BCUT2D eigenvalue weighted by molar-refractivity contribution is 5.72. The lowest BCUT2D eigenvalue weighted by Crippen LogP contribution is -2.27. The molecule has 1 aromatic rings. The van der Waals surface area contributed by atoms with Gasteiger partial charge in [-0.15, -0.1) is 0 Å². The number of benzene rings is 1. The van der Waals surface area contributed by atoms with Crippen molar-refractivity contribution in [1.82, 2.24) is 0 Å². The summed E-state index contributed by atoms with van der Waals surface area (Å²) in [7, 11) is 0. The van der Waals surface area contributed by atoms with E-state index in [1.165, 1.54) is 0 Å². The van der Waals surface area contributed by atoms with Crippen LogP contribution in [0.2, 0.25) is 0 Å². The van der Waals surface area contributed by atoms with Gasteiger partial charge in [-0.1, -0.05) is 37.6 Å². The second kappa shape index (κ2) is 7.07. The van der Waals surface area contributed by atoms with E-state index in [2.05, 4.69) is 6.92 Å². The number of hydrogen-bond donors (Lipinski definition) is 1. The van der Waals surface area contributed by atoms with Crippen molar-refractivity contribution in [2.75, 3.05) is 6.61 Å². The zero-order valence-electron chi connectivity index (χ0n) is 10.5. The second-order valence-electron chi connectivity index (χ2n) is 4.18. The smallest absolute Gasteiger partial charge is 0.333 e. The van der Waals surface area contributed by atoms with E-state index in [-0.39, 0.29) is 0 Å². The third kappa shape index (κ3) is 4.57. The van der Waals surface area contributed by atoms with Crippen molar-refractivity contribution in [2.24, 2.45) is 0 Å². The summed E-state index contributed by atoms with van der Waals surface area (Å²) in [6.07, 6.45) is 1.61. The van der Waals surface area contributed by atoms with Gasteiger partial charge in [0.2, 0.25) is 0 Å². The Morgan fingerprint density at radius 2 is 2.12 bits per heavy atom. The SMILES string of the molecule is CCCCOC(Cc1ccccc1C)C(=O)O. The van der Waals surface area contributed by atoms with Crippen molar-refractivity contribution in [1.29, 1.82) is 0 Å². The van der Waals surface area contributed by atoms with Crippen LogP contribution in [0.3, 0.4) is 0 Å². The minimum absolute atomic E-state index is 0.436. The number of hydrogen-bond acceptors (Lipinski definition) is 2. The van der Waals surface area contributed by atoms with Crippen molar-refractivity contribution in [3.63, 3.8) is 0 Å². The molecule has 1 unspecified atom stereocenters. The van der Waals surface area contributed by atoms with E-state index in [0.29, 0.717) is 13.0 Å². The summed E-state index contributed by atoms with van der Waals surface area (Å²) < 4.78 is 5.40. The molecule has 0 aliphatic carbocycles. The molecule has 0 saturated heterocycles. The Labute approximate surface area is 102 Å². The lowest BCUT2D eigenvalue weighted by Gasteiger charge is -2.14. The largest absolute Gasteiger partial charge is 0.479 e. The number of aliphatic carboxylic acids is 1. The molecule has 1 aromatic carbocycles. The van der Waals surface area contributed by atoms with E-state index in [0.717, 1.165) is 24.0 Å². The first-order chi connectivity index (χ1) is 8.15. The van der Waals surface area contributed by atoms with Gasteiger partial charge in [-0.3, -0.25) is 0 Å². The summed E-state index contributed by atoms with van der Waals surface area (Å²) in [5, 5.41) is 9.10. The Morgan fingerprint density at radius 3 is 2.71 bits per heavy atom. The highest BCUT2D eigenvalue weighted by atomic mass is 16.5. The molecule has 3 nitrogen and oxygen atoms in total. The minimum Gasteiger partial charge on any atom is -0.479 e. The second-order valence-corrected chi connectivity index (χ2v) is 4.18. The van der Waals surface area contributed by atoms with Crippen LogP contribution >= 0.6 is 0 Å². The van der Waals surface area contributed by atoms with Gasteiger partial charge < -0.3 is 9.84 Å². The summed E-state index contributed by atoms with van der Waals surface area (Å²) in [5.74, 6) is -0.885. The van der Waals surface area contributed by atoms with E-state index >= 15 is 0 Å². The highest BCUT2D eigenvalue weighted by Gasteiger charge is 2.18. The maximum Gasteiger partial charge on any atom is 0.333 e. The van der Waals surface area contributed by atoms with Gasteiger partial charge in [0.05, 0.1) is 0 Å². The van der Waals surface area contributed by atoms with Crippen LogP contribution in [-0.2, 0) is 16.0 Å². The van der Waals surface area contributed by atoms with Crippen LogP contribution in [0.15, 0.2) is 24.3 Å². The van der Waals surface area contributed by atoms with Gasteiger partial charge in [-0.2, -0.15) is 0 Å². The zero-order chi connectivity index (χ0) is 12.7. The number of ether oxygens (including phenoxy) is 1. The summed E-state index contributed by atoms with van der Waals surface area (Å²) in [4.78, 5) is 11.1. The fraction of sp³-hybridized carbons (Fsp3) is 0.500. The Kier molecular flexibility index (Phi) is 5.70. The summed E-state index contributed by atoms with van der Waals surface area (Å²) in [6, 6.07) is 7.81. The molecule has 0 radical (unpaired) electrons. The van der Waals surface area contributed by atoms with Gasteiger partial charge in [-0.05, 0) is 24.5 Å². The molecule has 0 fully saturated rings. The Bertz CT molecular complexity index is 360. The molecule has 0 aromatic heterocycles. The lowest BCUT2D eigenvalue weighted by molar-refractivity contribution is -0.150. The van der Waals surface area contributed by atoms with Crippen molar-refractivity contribution < 1.29 is 14.6 Å². The van der Waals surface area contributed by atoms with Crippen LogP contribution in [0.1, 0.15) is 30.9 Å². The Balaban J connectivity index is 2.61. The molecule has 1 atom stereocenters. The van der Waals surface area contributed by atoms with Crippen LogP contribution < -0.4 is 0 Å². The average molecular weight is 236 g/mol. The number of unbranched alkanes of at least 4 members (excludes halogenated alkanes) is 1. The standard InChI is InChI=1S/C14H20O3/c1-3-4-9-17-13(14(15)16)10-12-8-6-5-7-11(12)2/h5-8,13H,3-4,9-10H2,1-2H3,(H,15,16). The molecular weight excluding hydrogens is 216 g/mol. The number of carboxylic acids is 1. The first-order valence-corrected chi connectivity index (χ1v) is 6.04. The molecule has 0 heterocycles. The predicted molar refractivity (Wildman–Crippen MR) is 67.2 cm³/mol.